The number of halogens is 1. The summed E-state index contributed by atoms with van der Waals surface area (Å²) in [7, 11) is 1.65. The normalized spacial score (nSPS) is 10.3. The van der Waals surface area contributed by atoms with Gasteiger partial charge in [0.2, 0.25) is 0 Å². The number of rotatable bonds is 7. The smallest absolute Gasteiger partial charge is 0.123 e. The summed E-state index contributed by atoms with van der Waals surface area (Å²) in [6.45, 7) is 1.81. The molecule has 0 amide bonds. The van der Waals surface area contributed by atoms with Crippen LogP contribution in [0.15, 0.2) is 48.5 Å². The van der Waals surface area contributed by atoms with Crippen molar-refractivity contribution >= 4 is 5.69 Å². The molecule has 2 aromatic rings. The molecule has 20 heavy (non-hydrogen) atoms. The Bertz CT molecular complexity index is 511. The molecule has 0 radical (unpaired) electrons. The zero-order valence-electron chi connectivity index (χ0n) is 11.4. The summed E-state index contributed by atoms with van der Waals surface area (Å²) < 4.78 is 23.2. The van der Waals surface area contributed by atoms with Crippen LogP contribution >= 0.6 is 0 Å². The summed E-state index contributed by atoms with van der Waals surface area (Å²) in [5.41, 5.74) is 2.03. The van der Waals surface area contributed by atoms with E-state index in [0.29, 0.717) is 19.8 Å². The minimum Gasteiger partial charge on any atom is -0.491 e. The minimum atomic E-state index is -0.229. The van der Waals surface area contributed by atoms with E-state index in [1.165, 1.54) is 12.1 Å². The lowest BCUT2D eigenvalue weighted by Gasteiger charge is -2.08. The van der Waals surface area contributed by atoms with Crippen molar-refractivity contribution in [3.05, 3.63) is 59.9 Å². The molecule has 0 aliphatic heterocycles. The van der Waals surface area contributed by atoms with Gasteiger partial charge in [-0.15, -0.1) is 0 Å². The van der Waals surface area contributed by atoms with Gasteiger partial charge in [0.05, 0.1) is 6.61 Å². The number of hydrogen-bond acceptors (Lipinski definition) is 3. The van der Waals surface area contributed by atoms with E-state index in [2.05, 4.69) is 5.32 Å². The highest BCUT2D eigenvalue weighted by Crippen LogP contribution is 2.14. The van der Waals surface area contributed by atoms with Crippen LogP contribution in [0.2, 0.25) is 0 Å². The third kappa shape index (κ3) is 4.55. The van der Waals surface area contributed by atoms with Gasteiger partial charge >= 0.3 is 0 Å². The molecule has 2 aromatic carbocycles. The zero-order valence-corrected chi connectivity index (χ0v) is 11.4. The van der Waals surface area contributed by atoms with Gasteiger partial charge in [0.1, 0.15) is 18.2 Å². The molecular formula is C16H18FNO2. The number of anilines is 1. The standard InChI is InChI=1S/C16H18FNO2/c1-19-10-11-20-16-8-2-13(3-9-16)12-18-15-6-4-14(17)5-7-15/h2-9,18H,10-12H2,1H3. The molecule has 106 valence electrons. The van der Waals surface area contributed by atoms with Crippen molar-refractivity contribution in [3.63, 3.8) is 0 Å². The summed E-state index contributed by atoms with van der Waals surface area (Å²) in [5, 5.41) is 3.23. The summed E-state index contributed by atoms with van der Waals surface area (Å²) in [6.07, 6.45) is 0. The van der Waals surface area contributed by atoms with E-state index in [-0.39, 0.29) is 5.82 Å². The van der Waals surface area contributed by atoms with Crippen molar-refractivity contribution in [1.82, 2.24) is 0 Å². The van der Waals surface area contributed by atoms with Gasteiger partial charge in [0.15, 0.2) is 0 Å². The first-order valence-electron chi connectivity index (χ1n) is 6.48. The SMILES string of the molecule is COCCOc1ccc(CNc2ccc(F)cc2)cc1. The van der Waals surface area contributed by atoms with Crippen LogP contribution in [-0.2, 0) is 11.3 Å². The van der Waals surface area contributed by atoms with Crippen molar-refractivity contribution in [3.8, 4) is 5.75 Å². The van der Waals surface area contributed by atoms with Gasteiger partial charge in [0, 0.05) is 19.3 Å². The lowest BCUT2D eigenvalue weighted by molar-refractivity contribution is 0.146. The molecule has 3 nitrogen and oxygen atoms in total. The van der Waals surface area contributed by atoms with E-state index < -0.39 is 0 Å². The molecule has 0 spiro atoms. The molecule has 0 fully saturated rings. The van der Waals surface area contributed by atoms with Gasteiger partial charge in [-0.2, -0.15) is 0 Å². The fourth-order valence-corrected chi connectivity index (χ4v) is 1.72. The molecule has 4 heteroatoms. The van der Waals surface area contributed by atoms with Gasteiger partial charge in [0.25, 0.3) is 0 Å². The molecule has 0 saturated carbocycles. The monoisotopic (exact) mass is 275 g/mol. The maximum absolute atomic E-state index is 12.8. The Balaban J connectivity index is 1.82. The van der Waals surface area contributed by atoms with Crippen LogP contribution in [0.3, 0.4) is 0 Å². The molecule has 0 saturated heterocycles. The molecule has 0 unspecified atom stereocenters. The fraction of sp³-hybridized carbons (Fsp3) is 0.250. The Morgan fingerprint density at radius 2 is 1.65 bits per heavy atom. The Hall–Kier alpha value is -2.07. The van der Waals surface area contributed by atoms with Gasteiger partial charge in [-0.1, -0.05) is 12.1 Å². The van der Waals surface area contributed by atoms with Crippen LogP contribution in [0.1, 0.15) is 5.56 Å². The lowest BCUT2D eigenvalue weighted by Crippen LogP contribution is -2.04. The minimum absolute atomic E-state index is 0.229. The number of hydrogen-bond donors (Lipinski definition) is 1. The van der Waals surface area contributed by atoms with E-state index >= 15 is 0 Å². The lowest BCUT2D eigenvalue weighted by atomic mass is 10.2. The number of nitrogens with one attached hydrogen (secondary N) is 1. The quantitative estimate of drug-likeness (QED) is 0.785. The predicted molar refractivity (Wildman–Crippen MR) is 77.5 cm³/mol. The van der Waals surface area contributed by atoms with Crippen molar-refractivity contribution in [2.24, 2.45) is 0 Å². The molecule has 1 N–H and O–H groups in total. The Morgan fingerprint density at radius 1 is 0.950 bits per heavy atom. The van der Waals surface area contributed by atoms with Crippen molar-refractivity contribution in [2.75, 3.05) is 25.6 Å². The molecule has 0 aliphatic rings. The van der Waals surface area contributed by atoms with Gasteiger partial charge in [-0.25, -0.2) is 4.39 Å². The highest BCUT2D eigenvalue weighted by atomic mass is 19.1. The number of ether oxygens (including phenoxy) is 2. The molecule has 2 rings (SSSR count). The highest BCUT2D eigenvalue weighted by Gasteiger charge is 1.97. The Morgan fingerprint density at radius 3 is 2.30 bits per heavy atom. The van der Waals surface area contributed by atoms with Crippen molar-refractivity contribution in [1.29, 1.82) is 0 Å². The van der Waals surface area contributed by atoms with Crippen molar-refractivity contribution in [2.45, 2.75) is 6.54 Å². The fourth-order valence-electron chi connectivity index (χ4n) is 1.72. The van der Waals surface area contributed by atoms with Crippen LogP contribution in [-0.4, -0.2) is 20.3 Å². The van der Waals surface area contributed by atoms with E-state index in [9.17, 15) is 4.39 Å². The van der Waals surface area contributed by atoms with E-state index in [0.717, 1.165) is 17.0 Å². The maximum atomic E-state index is 12.8. The second-order valence-electron chi connectivity index (χ2n) is 4.35. The highest BCUT2D eigenvalue weighted by molar-refractivity contribution is 5.43. The average molecular weight is 275 g/mol. The second kappa shape index (κ2) is 7.50. The largest absolute Gasteiger partial charge is 0.491 e. The van der Waals surface area contributed by atoms with Crippen molar-refractivity contribution < 1.29 is 13.9 Å². The van der Waals surface area contributed by atoms with Gasteiger partial charge in [-0.3, -0.25) is 0 Å². The first-order chi connectivity index (χ1) is 9.78. The van der Waals surface area contributed by atoms with Gasteiger partial charge < -0.3 is 14.8 Å². The Kier molecular flexibility index (Phi) is 5.38. The van der Waals surface area contributed by atoms with E-state index in [1.54, 1.807) is 19.2 Å². The third-order valence-corrected chi connectivity index (χ3v) is 2.82. The summed E-state index contributed by atoms with van der Waals surface area (Å²) >= 11 is 0. The summed E-state index contributed by atoms with van der Waals surface area (Å²) in [4.78, 5) is 0. The average Bonchev–Trinajstić information content (AvgIpc) is 2.48. The topological polar surface area (TPSA) is 30.5 Å². The Labute approximate surface area is 118 Å². The first kappa shape index (κ1) is 14.3. The predicted octanol–water partition coefficient (Wildman–Crippen LogP) is 3.46. The second-order valence-corrected chi connectivity index (χ2v) is 4.35. The zero-order chi connectivity index (χ0) is 14.2. The summed E-state index contributed by atoms with van der Waals surface area (Å²) in [6, 6.07) is 14.2. The molecule has 0 aliphatic carbocycles. The van der Waals surface area contributed by atoms with Crippen LogP contribution in [0.5, 0.6) is 5.75 Å². The first-order valence-corrected chi connectivity index (χ1v) is 6.48. The van der Waals surface area contributed by atoms with Crippen LogP contribution < -0.4 is 10.1 Å². The number of benzene rings is 2. The third-order valence-electron chi connectivity index (χ3n) is 2.82. The van der Waals surface area contributed by atoms with Crippen LogP contribution in [0, 0.1) is 5.82 Å². The van der Waals surface area contributed by atoms with Gasteiger partial charge in [-0.05, 0) is 42.0 Å². The van der Waals surface area contributed by atoms with E-state index in [1.807, 2.05) is 24.3 Å². The molecule has 0 bridgehead atoms. The van der Waals surface area contributed by atoms with E-state index in [4.69, 9.17) is 9.47 Å². The number of methoxy groups -OCH3 is 1. The maximum Gasteiger partial charge on any atom is 0.123 e. The molecule has 0 aromatic heterocycles. The van der Waals surface area contributed by atoms with Crippen LogP contribution in [0.4, 0.5) is 10.1 Å². The molecule has 0 heterocycles. The molecule has 0 atom stereocenters. The summed E-state index contributed by atoms with van der Waals surface area (Å²) in [5.74, 6) is 0.598. The van der Waals surface area contributed by atoms with Crippen LogP contribution in [0.25, 0.3) is 0 Å². The molecular weight excluding hydrogens is 257 g/mol.